The summed E-state index contributed by atoms with van der Waals surface area (Å²) in [4.78, 5) is 17.1. The minimum absolute atomic E-state index is 0.110. The monoisotopic (exact) mass is 409 g/mol. The maximum atomic E-state index is 12.9. The molecule has 0 fully saturated rings. The molecule has 0 unspecified atom stereocenters. The van der Waals surface area contributed by atoms with Gasteiger partial charge in [-0.1, -0.05) is 42.5 Å². The fourth-order valence-corrected chi connectivity index (χ4v) is 3.34. The first-order valence-electron chi connectivity index (χ1n) is 9.40. The second-order valence-corrected chi connectivity index (χ2v) is 6.83. The number of fused-ring (bicyclic) bond motifs is 1. The highest BCUT2D eigenvalue weighted by Gasteiger charge is 2.30. The minimum Gasteiger partial charge on any atom is -0.326 e. The number of carbonyl (C=O) groups is 1. The van der Waals surface area contributed by atoms with Crippen LogP contribution in [0.3, 0.4) is 0 Å². The zero-order valence-corrected chi connectivity index (χ0v) is 15.9. The molecule has 0 saturated carbocycles. The van der Waals surface area contributed by atoms with Gasteiger partial charge in [-0.25, -0.2) is 4.98 Å². The molecule has 7 heteroatoms. The normalized spacial score (nSPS) is 11.6. The van der Waals surface area contributed by atoms with Gasteiger partial charge in [0.05, 0.1) is 17.0 Å². The molecule has 30 heavy (non-hydrogen) atoms. The Kier molecular flexibility index (Phi) is 5.27. The van der Waals surface area contributed by atoms with E-state index >= 15 is 0 Å². The van der Waals surface area contributed by atoms with Crippen molar-refractivity contribution in [2.45, 2.75) is 19.0 Å². The minimum atomic E-state index is -4.46. The van der Waals surface area contributed by atoms with Crippen molar-refractivity contribution in [3.8, 4) is 11.3 Å². The Morgan fingerprint density at radius 1 is 0.967 bits per heavy atom. The standard InChI is InChI=1S/C23H18F3N3O/c24-23(25,26)17-9-6-10-18(15-17)27-21(30)13-12-19-22(16-7-2-1-3-8-16)28-20-11-4-5-14-29(19)20/h1-11,14-15H,12-13H2,(H,27,30). The van der Waals surface area contributed by atoms with Crippen molar-refractivity contribution in [1.82, 2.24) is 9.38 Å². The van der Waals surface area contributed by atoms with E-state index < -0.39 is 11.7 Å². The van der Waals surface area contributed by atoms with Gasteiger partial charge in [-0.3, -0.25) is 4.79 Å². The number of hydrogen-bond donors (Lipinski definition) is 1. The van der Waals surface area contributed by atoms with Gasteiger partial charge in [0, 0.05) is 23.9 Å². The van der Waals surface area contributed by atoms with Crippen LogP contribution >= 0.6 is 0 Å². The third-order valence-electron chi connectivity index (χ3n) is 4.74. The van der Waals surface area contributed by atoms with Crippen LogP contribution in [0, 0.1) is 0 Å². The molecule has 4 nitrogen and oxygen atoms in total. The third kappa shape index (κ3) is 4.20. The van der Waals surface area contributed by atoms with Crippen LogP contribution in [-0.2, 0) is 17.4 Å². The number of aromatic nitrogens is 2. The number of imidazole rings is 1. The van der Waals surface area contributed by atoms with Gasteiger partial charge in [0.1, 0.15) is 5.65 Å². The van der Waals surface area contributed by atoms with Crippen LogP contribution in [0.15, 0.2) is 79.0 Å². The predicted octanol–water partition coefficient (Wildman–Crippen LogP) is 5.59. The van der Waals surface area contributed by atoms with Crippen molar-refractivity contribution in [2.24, 2.45) is 0 Å². The molecule has 0 spiro atoms. The van der Waals surface area contributed by atoms with Gasteiger partial charge in [-0.15, -0.1) is 0 Å². The first-order chi connectivity index (χ1) is 14.4. The van der Waals surface area contributed by atoms with Crippen LogP contribution in [-0.4, -0.2) is 15.3 Å². The highest BCUT2D eigenvalue weighted by atomic mass is 19.4. The summed E-state index contributed by atoms with van der Waals surface area (Å²) in [5.41, 5.74) is 2.69. The van der Waals surface area contributed by atoms with Gasteiger partial charge in [0.25, 0.3) is 0 Å². The van der Waals surface area contributed by atoms with E-state index in [9.17, 15) is 18.0 Å². The summed E-state index contributed by atoms with van der Waals surface area (Å²) < 4.78 is 40.5. The van der Waals surface area contributed by atoms with Crippen molar-refractivity contribution >= 4 is 17.2 Å². The van der Waals surface area contributed by atoms with Crippen LogP contribution in [0.1, 0.15) is 17.7 Å². The van der Waals surface area contributed by atoms with E-state index in [1.807, 2.05) is 59.1 Å². The van der Waals surface area contributed by atoms with Crippen LogP contribution in [0.4, 0.5) is 18.9 Å². The fraction of sp³-hybridized carbons (Fsp3) is 0.130. The Morgan fingerprint density at radius 2 is 1.73 bits per heavy atom. The molecule has 152 valence electrons. The highest BCUT2D eigenvalue weighted by Crippen LogP contribution is 2.31. The van der Waals surface area contributed by atoms with Crippen molar-refractivity contribution in [3.63, 3.8) is 0 Å². The summed E-state index contributed by atoms with van der Waals surface area (Å²) in [5, 5.41) is 2.56. The SMILES string of the molecule is O=C(CCc1c(-c2ccccc2)nc2ccccn12)Nc1cccc(C(F)(F)F)c1. The topological polar surface area (TPSA) is 46.4 Å². The number of hydrogen-bond acceptors (Lipinski definition) is 2. The first-order valence-corrected chi connectivity index (χ1v) is 9.40. The summed E-state index contributed by atoms with van der Waals surface area (Å²) in [5.74, 6) is -0.362. The molecule has 4 rings (SSSR count). The number of carbonyl (C=O) groups excluding carboxylic acids is 1. The maximum absolute atomic E-state index is 12.9. The summed E-state index contributed by atoms with van der Waals surface area (Å²) in [6.45, 7) is 0. The smallest absolute Gasteiger partial charge is 0.326 e. The summed E-state index contributed by atoms with van der Waals surface area (Å²) in [6.07, 6.45) is -2.07. The number of rotatable bonds is 5. The van der Waals surface area contributed by atoms with E-state index in [2.05, 4.69) is 10.3 Å². The number of anilines is 1. The number of nitrogens with one attached hydrogen (secondary N) is 1. The molecule has 0 atom stereocenters. The van der Waals surface area contributed by atoms with E-state index in [1.165, 1.54) is 12.1 Å². The average Bonchev–Trinajstić information content (AvgIpc) is 3.11. The predicted molar refractivity (Wildman–Crippen MR) is 109 cm³/mol. The number of benzene rings is 2. The van der Waals surface area contributed by atoms with Crippen molar-refractivity contribution < 1.29 is 18.0 Å². The number of alkyl halides is 3. The average molecular weight is 409 g/mol. The first kappa shape index (κ1) is 19.7. The molecule has 2 aromatic heterocycles. The zero-order chi connectivity index (χ0) is 21.1. The molecule has 1 amide bonds. The largest absolute Gasteiger partial charge is 0.416 e. The Bertz CT molecular complexity index is 1180. The number of nitrogens with zero attached hydrogens (tertiary/aromatic N) is 2. The van der Waals surface area contributed by atoms with E-state index in [4.69, 9.17) is 0 Å². The molecule has 0 saturated heterocycles. The maximum Gasteiger partial charge on any atom is 0.416 e. The van der Waals surface area contributed by atoms with Crippen molar-refractivity contribution in [3.05, 3.63) is 90.3 Å². The van der Waals surface area contributed by atoms with Gasteiger partial charge < -0.3 is 9.72 Å². The van der Waals surface area contributed by atoms with Crippen LogP contribution in [0.2, 0.25) is 0 Å². The van der Waals surface area contributed by atoms with E-state index in [1.54, 1.807) is 0 Å². The van der Waals surface area contributed by atoms with Crippen LogP contribution in [0.25, 0.3) is 16.9 Å². The lowest BCUT2D eigenvalue weighted by atomic mass is 10.1. The van der Waals surface area contributed by atoms with E-state index in [0.29, 0.717) is 6.42 Å². The Labute approximate surface area is 171 Å². The Hall–Kier alpha value is -3.61. The quantitative estimate of drug-likeness (QED) is 0.467. The van der Waals surface area contributed by atoms with E-state index in [-0.39, 0.29) is 18.0 Å². The lowest BCUT2D eigenvalue weighted by molar-refractivity contribution is -0.137. The molecule has 4 aromatic rings. The lowest BCUT2D eigenvalue weighted by Crippen LogP contribution is -2.14. The highest BCUT2D eigenvalue weighted by molar-refractivity contribution is 5.91. The molecule has 1 N–H and O–H groups in total. The molecular weight excluding hydrogens is 391 g/mol. The molecule has 0 aliphatic rings. The summed E-state index contributed by atoms with van der Waals surface area (Å²) in [7, 11) is 0. The number of pyridine rings is 1. The van der Waals surface area contributed by atoms with Gasteiger partial charge in [0.15, 0.2) is 0 Å². The number of amides is 1. The lowest BCUT2D eigenvalue weighted by Gasteiger charge is -2.10. The summed E-state index contributed by atoms with van der Waals surface area (Å²) in [6, 6.07) is 19.9. The molecule has 0 bridgehead atoms. The Balaban J connectivity index is 1.55. The number of halogens is 3. The zero-order valence-electron chi connectivity index (χ0n) is 15.9. The third-order valence-corrected chi connectivity index (χ3v) is 4.74. The van der Waals surface area contributed by atoms with Gasteiger partial charge >= 0.3 is 6.18 Å². The second kappa shape index (κ2) is 8.02. The molecule has 0 radical (unpaired) electrons. The summed E-state index contributed by atoms with van der Waals surface area (Å²) >= 11 is 0. The second-order valence-electron chi connectivity index (χ2n) is 6.83. The van der Waals surface area contributed by atoms with Crippen LogP contribution in [0.5, 0.6) is 0 Å². The molecule has 0 aliphatic carbocycles. The van der Waals surface area contributed by atoms with Gasteiger partial charge in [-0.05, 0) is 36.8 Å². The Morgan fingerprint density at radius 3 is 2.50 bits per heavy atom. The molecule has 2 aromatic carbocycles. The molecule has 0 aliphatic heterocycles. The van der Waals surface area contributed by atoms with Gasteiger partial charge in [-0.2, -0.15) is 13.2 Å². The molecule has 2 heterocycles. The van der Waals surface area contributed by atoms with Crippen molar-refractivity contribution in [2.75, 3.05) is 5.32 Å². The van der Waals surface area contributed by atoms with Gasteiger partial charge in [0.2, 0.25) is 5.91 Å². The van der Waals surface area contributed by atoms with E-state index in [0.717, 1.165) is 34.7 Å². The molecular formula is C23H18F3N3O. The number of aryl methyl sites for hydroxylation is 1. The fourth-order valence-electron chi connectivity index (χ4n) is 3.34. The van der Waals surface area contributed by atoms with Crippen LogP contribution < -0.4 is 5.32 Å². The van der Waals surface area contributed by atoms with Crippen molar-refractivity contribution in [1.29, 1.82) is 0 Å².